The number of nitrogens with two attached hydrogens (primary N) is 1. The van der Waals surface area contributed by atoms with Crippen LogP contribution in [0.2, 0.25) is 0 Å². The fraction of sp³-hybridized carbons (Fsp3) is 0.667. The molecule has 0 bridgehead atoms. The van der Waals surface area contributed by atoms with E-state index in [2.05, 4.69) is 41.8 Å². The van der Waals surface area contributed by atoms with E-state index in [0.717, 1.165) is 4.60 Å². The molecular weight excluding hydrogens is 230 g/mol. The molecule has 74 valence electrons. The standard InChI is InChI=1S/C9H16BrN3/c1-6(2)13-9(10)8(5-12-13)7(3)4-11/h5-7H,4,11H2,1-3H3. The first-order chi connectivity index (χ1) is 6.07. The summed E-state index contributed by atoms with van der Waals surface area (Å²) in [6.07, 6.45) is 1.89. The van der Waals surface area contributed by atoms with Gasteiger partial charge >= 0.3 is 0 Å². The Morgan fingerprint density at radius 1 is 1.54 bits per heavy atom. The summed E-state index contributed by atoms with van der Waals surface area (Å²) in [7, 11) is 0. The summed E-state index contributed by atoms with van der Waals surface area (Å²) in [5, 5.41) is 4.30. The van der Waals surface area contributed by atoms with Crippen molar-refractivity contribution in [3.8, 4) is 0 Å². The van der Waals surface area contributed by atoms with Crippen molar-refractivity contribution in [2.75, 3.05) is 6.54 Å². The van der Waals surface area contributed by atoms with Gasteiger partial charge in [-0.05, 0) is 42.2 Å². The maximum Gasteiger partial charge on any atom is 0.107 e. The van der Waals surface area contributed by atoms with E-state index in [1.54, 1.807) is 0 Å². The van der Waals surface area contributed by atoms with E-state index in [9.17, 15) is 0 Å². The van der Waals surface area contributed by atoms with Crippen LogP contribution >= 0.6 is 15.9 Å². The third kappa shape index (κ3) is 2.11. The first-order valence-electron chi connectivity index (χ1n) is 4.50. The van der Waals surface area contributed by atoms with Crippen LogP contribution < -0.4 is 5.73 Å². The Hall–Kier alpha value is -0.350. The molecule has 1 aromatic rings. The van der Waals surface area contributed by atoms with Gasteiger partial charge in [-0.3, -0.25) is 4.68 Å². The average molecular weight is 246 g/mol. The number of hydrogen-bond donors (Lipinski definition) is 1. The fourth-order valence-electron chi connectivity index (χ4n) is 1.18. The zero-order chi connectivity index (χ0) is 10.0. The highest BCUT2D eigenvalue weighted by atomic mass is 79.9. The fourth-order valence-corrected chi connectivity index (χ4v) is 2.17. The molecule has 2 N–H and O–H groups in total. The van der Waals surface area contributed by atoms with Crippen LogP contribution in [-0.4, -0.2) is 16.3 Å². The molecule has 0 saturated carbocycles. The van der Waals surface area contributed by atoms with Gasteiger partial charge in [0.25, 0.3) is 0 Å². The van der Waals surface area contributed by atoms with Gasteiger partial charge in [0.15, 0.2) is 0 Å². The van der Waals surface area contributed by atoms with Gasteiger partial charge in [0.2, 0.25) is 0 Å². The van der Waals surface area contributed by atoms with Gasteiger partial charge in [-0.15, -0.1) is 0 Å². The minimum absolute atomic E-state index is 0.363. The summed E-state index contributed by atoms with van der Waals surface area (Å²) in [6, 6.07) is 0.382. The van der Waals surface area contributed by atoms with E-state index >= 15 is 0 Å². The van der Waals surface area contributed by atoms with E-state index < -0.39 is 0 Å². The molecule has 0 radical (unpaired) electrons. The summed E-state index contributed by atoms with van der Waals surface area (Å²) in [4.78, 5) is 0. The van der Waals surface area contributed by atoms with E-state index in [0.29, 0.717) is 18.5 Å². The van der Waals surface area contributed by atoms with Crippen molar-refractivity contribution in [1.29, 1.82) is 0 Å². The van der Waals surface area contributed by atoms with Crippen molar-refractivity contribution >= 4 is 15.9 Å². The summed E-state index contributed by atoms with van der Waals surface area (Å²) >= 11 is 3.54. The summed E-state index contributed by atoms with van der Waals surface area (Å²) < 4.78 is 3.02. The molecule has 1 rings (SSSR count). The Morgan fingerprint density at radius 3 is 2.54 bits per heavy atom. The second kappa shape index (κ2) is 4.24. The van der Waals surface area contributed by atoms with Gasteiger partial charge in [0.05, 0.1) is 6.20 Å². The Bertz CT molecular complexity index is 280. The molecule has 3 nitrogen and oxygen atoms in total. The van der Waals surface area contributed by atoms with E-state index in [1.165, 1.54) is 5.56 Å². The lowest BCUT2D eigenvalue weighted by Gasteiger charge is -2.09. The molecule has 13 heavy (non-hydrogen) atoms. The minimum Gasteiger partial charge on any atom is -0.330 e. The Kier molecular flexibility index (Phi) is 3.50. The van der Waals surface area contributed by atoms with Crippen LogP contribution in [0.1, 0.15) is 38.3 Å². The molecule has 1 atom stereocenters. The first kappa shape index (κ1) is 10.7. The lowest BCUT2D eigenvalue weighted by Crippen LogP contribution is -2.09. The van der Waals surface area contributed by atoms with Crippen LogP contribution in [0.3, 0.4) is 0 Å². The highest BCUT2D eigenvalue weighted by Gasteiger charge is 2.14. The van der Waals surface area contributed by atoms with Gasteiger partial charge in [0.1, 0.15) is 4.60 Å². The van der Waals surface area contributed by atoms with Crippen LogP contribution in [-0.2, 0) is 0 Å². The summed E-state index contributed by atoms with van der Waals surface area (Å²) in [6.45, 7) is 6.97. The molecule has 0 aliphatic rings. The molecule has 1 heterocycles. The maximum atomic E-state index is 5.60. The Labute approximate surface area is 87.4 Å². The van der Waals surface area contributed by atoms with E-state index in [-0.39, 0.29) is 0 Å². The van der Waals surface area contributed by atoms with Crippen LogP contribution in [0.4, 0.5) is 0 Å². The number of halogens is 1. The third-order valence-electron chi connectivity index (χ3n) is 2.13. The molecule has 0 aliphatic heterocycles. The van der Waals surface area contributed by atoms with Crippen molar-refractivity contribution in [3.63, 3.8) is 0 Å². The molecule has 0 saturated heterocycles. The van der Waals surface area contributed by atoms with Gasteiger partial charge in [0, 0.05) is 11.6 Å². The maximum absolute atomic E-state index is 5.60. The van der Waals surface area contributed by atoms with Crippen molar-refractivity contribution in [2.24, 2.45) is 5.73 Å². The molecule has 1 aromatic heterocycles. The van der Waals surface area contributed by atoms with E-state index in [1.807, 2.05) is 10.9 Å². The van der Waals surface area contributed by atoms with Crippen LogP contribution in [0.25, 0.3) is 0 Å². The Balaban J connectivity index is 2.99. The zero-order valence-electron chi connectivity index (χ0n) is 8.29. The lowest BCUT2D eigenvalue weighted by molar-refractivity contribution is 0.520. The first-order valence-corrected chi connectivity index (χ1v) is 5.30. The quantitative estimate of drug-likeness (QED) is 0.889. The number of aromatic nitrogens is 2. The molecule has 0 fully saturated rings. The topological polar surface area (TPSA) is 43.8 Å². The van der Waals surface area contributed by atoms with Gasteiger partial charge in [-0.25, -0.2) is 0 Å². The third-order valence-corrected chi connectivity index (χ3v) is 2.96. The van der Waals surface area contributed by atoms with Crippen LogP contribution in [0.15, 0.2) is 10.8 Å². The zero-order valence-corrected chi connectivity index (χ0v) is 9.87. The van der Waals surface area contributed by atoms with Crippen LogP contribution in [0.5, 0.6) is 0 Å². The minimum atomic E-state index is 0.363. The normalized spacial score (nSPS) is 13.7. The number of rotatable bonds is 3. The second-order valence-corrected chi connectivity index (χ2v) is 4.32. The summed E-state index contributed by atoms with van der Waals surface area (Å²) in [5.41, 5.74) is 6.79. The largest absolute Gasteiger partial charge is 0.330 e. The smallest absolute Gasteiger partial charge is 0.107 e. The molecular formula is C9H16BrN3. The lowest BCUT2D eigenvalue weighted by atomic mass is 10.1. The van der Waals surface area contributed by atoms with Gasteiger partial charge in [-0.2, -0.15) is 5.10 Å². The van der Waals surface area contributed by atoms with Crippen molar-refractivity contribution < 1.29 is 0 Å². The summed E-state index contributed by atoms with van der Waals surface area (Å²) in [5.74, 6) is 0.363. The SMILES string of the molecule is CC(CN)c1cnn(C(C)C)c1Br. The van der Waals surface area contributed by atoms with Gasteiger partial charge < -0.3 is 5.73 Å². The van der Waals surface area contributed by atoms with Crippen LogP contribution in [0, 0.1) is 0 Å². The Morgan fingerprint density at radius 2 is 2.15 bits per heavy atom. The van der Waals surface area contributed by atoms with E-state index in [4.69, 9.17) is 5.73 Å². The molecule has 4 heteroatoms. The van der Waals surface area contributed by atoms with Crippen molar-refractivity contribution in [3.05, 3.63) is 16.4 Å². The highest BCUT2D eigenvalue weighted by molar-refractivity contribution is 9.10. The van der Waals surface area contributed by atoms with Gasteiger partial charge in [-0.1, -0.05) is 6.92 Å². The number of nitrogens with zero attached hydrogens (tertiary/aromatic N) is 2. The van der Waals surface area contributed by atoms with Crippen molar-refractivity contribution in [1.82, 2.24) is 9.78 Å². The second-order valence-electron chi connectivity index (χ2n) is 3.57. The molecule has 0 amide bonds. The predicted molar refractivity (Wildman–Crippen MR) is 57.8 cm³/mol. The van der Waals surface area contributed by atoms with Crippen molar-refractivity contribution in [2.45, 2.75) is 32.7 Å². The molecule has 1 unspecified atom stereocenters. The highest BCUT2D eigenvalue weighted by Crippen LogP contribution is 2.26. The predicted octanol–water partition coefficient (Wildman–Crippen LogP) is 2.29. The number of hydrogen-bond acceptors (Lipinski definition) is 2. The molecule has 0 aliphatic carbocycles. The average Bonchev–Trinajstić information content (AvgIpc) is 2.46. The monoisotopic (exact) mass is 245 g/mol. The molecule has 0 spiro atoms. The molecule has 0 aromatic carbocycles.